The molecule has 1 aromatic rings. The first-order chi connectivity index (χ1) is 9.43. The molecule has 0 radical (unpaired) electrons. The molecule has 0 aliphatic rings. The number of hydrogen-bond donors (Lipinski definition) is 2. The molecule has 0 heterocycles. The van der Waals surface area contributed by atoms with Crippen molar-refractivity contribution >= 4 is 23.1 Å². The van der Waals surface area contributed by atoms with E-state index in [-0.39, 0.29) is 18.6 Å². The summed E-state index contributed by atoms with van der Waals surface area (Å²) in [5.41, 5.74) is 7.21. The number of amides is 1. The van der Waals surface area contributed by atoms with Gasteiger partial charge in [0, 0.05) is 18.7 Å². The van der Waals surface area contributed by atoms with E-state index in [1.807, 2.05) is 26.0 Å². The number of carbonyl (C=O) groups excluding carboxylic acids is 1. The van der Waals surface area contributed by atoms with Crippen molar-refractivity contribution in [1.82, 2.24) is 5.32 Å². The maximum absolute atomic E-state index is 11.7. The quantitative estimate of drug-likeness (QED) is 0.739. The van der Waals surface area contributed by atoms with Crippen molar-refractivity contribution < 1.29 is 14.3 Å². The Morgan fingerprint density at radius 3 is 2.80 bits per heavy atom. The molecule has 0 aliphatic carbocycles. The van der Waals surface area contributed by atoms with Gasteiger partial charge in [0.15, 0.2) is 6.61 Å². The van der Waals surface area contributed by atoms with E-state index in [0.717, 1.165) is 5.56 Å². The second-order valence-electron chi connectivity index (χ2n) is 4.56. The Kier molecular flexibility index (Phi) is 6.41. The molecule has 0 bridgehead atoms. The van der Waals surface area contributed by atoms with Crippen molar-refractivity contribution in [1.29, 1.82) is 0 Å². The molecule has 5 nitrogen and oxygen atoms in total. The van der Waals surface area contributed by atoms with Crippen molar-refractivity contribution in [2.24, 2.45) is 5.73 Å². The van der Waals surface area contributed by atoms with E-state index in [1.54, 1.807) is 13.2 Å². The molecule has 1 amide bonds. The molecular weight excluding hydrogens is 276 g/mol. The minimum absolute atomic E-state index is 0.0554. The summed E-state index contributed by atoms with van der Waals surface area (Å²) in [6.07, 6.45) is 0. The van der Waals surface area contributed by atoms with Crippen LogP contribution in [0.15, 0.2) is 18.2 Å². The summed E-state index contributed by atoms with van der Waals surface area (Å²) in [4.78, 5) is 12.0. The molecule has 1 rings (SSSR count). The van der Waals surface area contributed by atoms with Crippen molar-refractivity contribution in [3.05, 3.63) is 29.3 Å². The van der Waals surface area contributed by atoms with E-state index in [9.17, 15) is 4.79 Å². The van der Waals surface area contributed by atoms with Gasteiger partial charge in [-0.3, -0.25) is 4.79 Å². The van der Waals surface area contributed by atoms with Crippen molar-refractivity contribution in [2.45, 2.75) is 19.9 Å². The minimum atomic E-state index is -0.199. The smallest absolute Gasteiger partial charge is 0.258 e. The predicted molar refractivity (Wildman–Crippen MR) is 82.0 cm³/mol. The molecule has 0 saturated heterocycles. The number of benzene rings is 1. The van der Waals surface area contributed by atoms with Crippen LogP contribution < -0.4 is 15.8 Å². The molecule has 1 unspecified atom stereocenters. The molecule has 20 heavy (non-hydrogen) atoms. The summed E-state index contributed by atoms with van der Waals surface area (Å²) >= 11 is 4.92. The monoisotopic (exact) mass is 296 g/mol. The molecule has 3 N–H and O–H groups in total. The normalized spacial score (nSPS) is 11.8. The second kappa shape index (κ2) is 7.81. The van der Waals surface area contributed by atoms with Crippen molar-refractivity contribution in [2.75, 3.05) is 20.3 Å². The molecule has 0 fully saturated rings. The average molecular weight is 296 g/mol. The van der Waals surface area contributed by atoms with E-state index in [4.69, 9.17) is 27.4 Å². The third kappa shape index (κ3) is 5.14. The summed E-state index contributed by atoms with van der Waals surface area (Å²) in [5, 5.41) is 2.77. The number of nitrogens with one attached hydrogen (secondary N) is 1. The van der Waals surface area contributed by atoms with Crippen molar-refractivity contribution in [3.8, 4) is 5.75 Å². The van der Waals surface area contributed by atoms with E-state index < -0.39 is 0 Å². The van der Waals surface area contributed by atoms with Crippen LogP contribution in [-0.4, -0.2) is 37.3 Å². The standard InChI is InChI=1S/C14H20N2O3S/c1-9-4-5-11(14(15)20)6-12(9)19-8-13(17)16-10(2)7-18-3/h4-6,10H,7-8H2,1-3H3,(H2,15,20)(H,16,17). The molecule has 0 saturated carbocycles. The van der Waals surface area contributed by atoms with Crippen LogP contribution in [0.2, 0.25) is 0 Å². The Morgan fingerprint density at radius 1 is 1.50 bits per heavy atom. The number of thiocarbonyl (C=S) groups is 1. The van der Waals surface area contributed by atoms with Crippen LogP contribution in [-0.2, 0) is 9.53 Å². The number of hydrogen-bond acceptors (Lipinski definition) is 4. The van der Waals surface area contributed by atoms with Gasteiger partial charge in [-0.25, -0.2) is 0 Å². The third-order valence-electron chi connectivity index (χ3n) is 2.66. The SMILES string of the molecule is COCC(C)NC(=O)COc1cc(C(N)=S)ccc1C. The highest BCUT2D eigenvalue weighted by Crippen LogP contribution is 2.19. The lowest BCUT2D eigenvalue weighted by atomic mass is 10.1. The van der Waals surface area contributed by atoms with Crippen LogP contribution in [0.25, 0.3) is 0 Å². The highest BCUT2D eigenvalue weighted by molar-refractivity contribution is 7.80. The van der Waals surface area contributed by atoms with Crippen LogP contribution in [0.1, 0.15) is 18.1 Å². The van der Waals surface area contributed by atoms with Gasteiger partial charge in [-0.2, -0.15) is 0 Å². The van der Waals surface area contributed by atoms with Gasteiger partial charge >= 0.3 is 0 Å². The van der Waals surface area contributed by atoms with Gasteiger partial charge in [-0.15, -0.1) is 0 Å². The maximum Gasteiger partial charge on any atom is 0.258 e. The van der Waals surface area contributed by atoms with E-state index >= 15 is 0 Å². The number of aryl methyl sites for hydroxylation is 1. The van der Waals surface area contributed by atoms with Gasteiger partial charge in [0.25, 0.3) is 5.91 Å². The summed E-state index contributed by atoms with van der Waals surface area (Å²) in [6.45, 7) is 4.15. The van der Waals surface area contributed by atoms with Crippen molar-refractivity contribution in [3.63, 3.8) is 0 Å². The Bertz CT molecular complexity index is 491. The summed E-state index contributed by atoms with van der Waals surface area (Å²) in [7, 11) is 1.59. The highest BCUT2D eigenvalue weighted by Gasteiger charge is 2.09. The molecule has 0 aromatic heterocycles. The fourth-order valence-corrected chi connectivity index (χ4v) is 1.79. The Labute approximate surface area is 124 Å². The van der Waals surface area contributed by atoms with Gasteiger partial charge in [0.2, 0.25) is 0 Å². The molecule has 0 aliphatic heterocycles. The van der Waals surface area contributed by atoms with E-state index in [1.165, 1.54) is 0 Å². The fourth-order valence-electron chi connectivity index (χ4n) is 1.66. The maximum atomic E-state index is 11.7. The molecule has 1 aromatic carbocycles. The molecule has 6 heteroatoms. The van der Waals surface area contributed by atoms with Gasteiger partial charge < -0.3 is 20.5 Å². The van der Waals surface area contributed by atoms with Crippen LogP contribution in [0.3, 0.4) is 0 Å². The first-order valence-corrected chi connectivity index (χ1v) is 6.66. The van der Waals surface area contributed by atoms with E-state index in [2.05, 4.69) is 5.32 Å². The van der Waals surface area contributed by atoms with E-state index in [0.29, 0.717) is 22.9 Å². The van der Waals surface area contributed by atoms with Gasteiger partial charge in [0.05, 0.1) is 6.61 Å². The third-order valence-corrected chi connectivity index (χ3v) is 2.89. The number of ether oxygens (including phenoxy) is 2. The number of nitrogens with two attached hydrogens (primary N) is 1. The lowest BCUT2D eigenvalue weighted by molar-refractivity contribution is -0.124. The topological polar surface area (TPSA) is 73.6 Å². The highest BCUT2D eigenvalue weighted by atomic mass is 32.1. The van der Waals surface area contributed by atoms with Crippen LogP contribution in [0, 0.1) is 6.92 Å². The Morgan fingerprint density at radius 2 is 2.20 bits per heavy atom. The first-order valence-electron chi connectivity index (χ1n) is 6.25. The van der Waals surface area contributed by atoms with Gasteiger partial charge in [0.1, 0.15) is 10.7 Å². The average Bonchev–Trinajstić information content (AvgIpc) is 2.37. The van der Waals surface area contributed by atoms with Gasteiger partial charge in [-0.1, -0.05) is 24.4 Å². The minimum Gasteiger partial charge on any atom is -0.483 e. The Hall–Kier alpha value is -1.66. The first kappa shape index (κ1) is 16.4. The zero-order valence-corrected chi connectivity index (χ0v) is 12.8. The number of carbonyl (C=O) groups is 1. The lowest BCUT2D eigenvalue weighted by Crippen LogP contribution is -2.38. The van der Waals surface area contributed by atoms with Crippen LogP contribution in [0.5, 0.6) is 5.75 Å². The number of methoxy groups -OCH3 is 1. The summed E-state index contributed by atoms with van der Waals surface area (Å²) < 4.78 is 10.4. The zero-order chi connectivity index (χ0) is 15.1. The lowest BCUT2D eigenvalue weighted by Gasteiger charge is -2.14. The molecule has 0 spiro atoms. The Balaban J connectivity index is 2.59. The second-order valence-corrected chi connectivity index (χ2v) is 5.00. The van der Waals surface area contributed by atoms with Crippen LogP contribution >= 0.6 is 12.2 Å². The zero-order valence-electron chi connectivity index (χ0n) is 11.9. The molecular formula is C14H20N2O3S. The molecule has 1 atom stereocenters. The summed E-state index contributed by atoms with van der Waals surface area (Å²) in [6, 6.07) is 5.37. The largest absolute Gasteiger partial charge is 0.483 e. The summed E-state index contributed by atoms with van der Waals surface area (Å²) in [5.74, 6) is 0.402. The van der Waals surface area contributed by atoms with Crippen LogP contribution in [0.4, 0.5) is 0 Å². The number of rotatable bonds is 7. The van der Waals surface area contributed by atoms with Gasteiger partial charge in [-0.05, 0) is 25.5 Å². The predicted octanol–water partition coefficient (Wildman–Crippen LogP) is 1.16. The molecule has 110 valence electrons. The fraction of sp³-hybridized carbons (Fsp3) is 0.429.